The van der Waals surface area contributed by atoms with Crippen molar-refractivity contribution in [2.75, 3.05) is 13.2 Å². The van der Waals surface area contributed by atoms with Crippen LogP contribution >= 0.6 is 0 Å². The summed E-state index contributed by atoms with van der Waals surface area (Å²) < 4.78 is 42.9. The predicted octanol–water partition coefficient (Wildman–Crippen LogP) is 3.35. The first-order valence-corrected chi connectivity index (χ1v) is 5.80. The van der Waals surface area contributed by atoms with Crippen molar-refractivity contribution in [2.45, 2.75) is 26.3 Å². The Balaban J connectivity index is 2.07. The summed E-state index contributed by atoms with van der Waals surface area (Å²) in [5, 5.41) is 3.18. The number of rotatable bonds is 1. The van der Waals surface area contributed by atoms with Crippen LogP contribution in [0.15, 0.2) is 24.3 Å². The van der Waals surface area contributed by atoms with Gasteiger partial charge in [-0.15, -0.1) is 0 Å². The Labute approximate surface area is 104 Å². The molecule has 1 aliphatic rings. The Morgan fingerprint density at radius 1 is 1.22 bits per heavy atom. The number of hydrogen-bond acceptors (Lipinski definition) is 2. The van der Waals surface area contributed by atoms with Gasteiger partial charge in [0.05, 0.1) is 12.2 Å². The standard InChI is InChI=1S/C13H16F3NO/c1-12(2)7-17-11(18-8-12)9-3-5-10(6-4-9)13(14,15)16/h3-6,11,17H,7-8H2,1-2H3. The van der Waals surface area contributed by atoms with Crippen molar-refractivity contribution < 1.29 is 17.9 Å². The van der Waals surface area contributed by atoms with Gasteiger partial charge in [0.25, 0.3) is 0 Å². The predicted molar refractivity (Wildman–Crippen MR) is 61.9 cm³/mol. The summed E-state index contributed by atoms with van der Waals surface area (Å²) in [6.07, 6.45) is -4.61. The maximum atomic E-state index is 12.4. The maximum absolute atomic E-state index is 12.4. The van der Waals surface area contributed by atoms with Gasteiger partial charge in [-0.25, -0.2) is 0 Å². The highest BCUT2D eigenvalue weighted by Crippen LogP contribution is 2.31. The van der Waals surface area contributed by atoms with E-state index in [9.17, 15) is 13.2 Å². The van der Waals surface area contributed by atoms with Crippen LogP contribution in [0.25, 0.3) is 0 Å². The van der Waals surface area contributed by atoms with Crippen molar-refractivity contribution in [3.8, 4) is 0 Å². The van der Waals surface area contributed by atoms with Gasteiger partial charge < -0.3 is 4.74 Å². The molecule has 2 nitrogen and oxygen atoms in total. The largest absolute Gasteiger partial charge is 0.416 e. The van der Waals surface area contributed by atoms with Crippen LogP contribution in [-0.4, -0.2) is 13.2 Å². The fraction of sp³-hybridized carbons (Fsp3) is 0.538. The molecule has 100 valence electrons. The van der Waals surface area contributed by atoms with Crippen molar-refractivity contribution in [1.29, 1.82) is 0 Å². The van der Waals surface area contributed by atoms with Crippen molar-refractivity contribution in [1.82, 2.24) is 5.32 Å². The number of nitrogens with one attached hydrogen (secondary N) is 1. The summed E-state index contributed by atoms with van der Waals surface area (Å²) >= 11 is 0. The summed E-state index contributed by atoms with van der Waals surface area (Å²) in [6, 6.07) is 5.08. The second-order valence-electron chi connectivity index (χ2n) is 5.36. The molecule has 1 aromatic rings. The average molecular weight is 259 g/mol. The van der Waals surface area contributed by atoms with E-state index in [-0.39, 0.29) is 11.6 Å². The Kier molecular flexibility index (Phi) is 3.38. The molecule has 1 fully saturated rings. The van der Waals surface area contributed by atoms with E-state index in [1.807, 2.05) is 0 Å². The SMILES string of the molecule is CC1(C)CNC(c2ccc(C(F)(F)F)cc2)OC1. The minimum atomic E-state index is -4.29. The number of benzene rings is 1. The van der Waals surface area contributed by atoms with Crippen molar-refractivity contribution in [2.24, 2.45) is 5.41 Å². The molecule has 0 bridgehead atoms. The highest BCUT2D eigenvalue weighted by molar-refractivity contribution is 5.26. The lowest BCUT2D eigenvalue weighted by Gasteiger charge is -2.35. The minimum Gasteiger partial charge on any atom is -0.358 e. The van der Waals surface area contributed by atoms with Crippen LogP contribution in [0.3, 0.4) is 0 Å². The Morgan fingerprint density at radius 2 is 1.83 bits per heavy atom. The lowest BCUT2D eigenvalue weighted by molar-refractivity contribution is -0.137. The lowest BCUT2D eigenvalue weighted by atomic mass is 9.93. The fourth-order valence-electron chi connectivity index (χ4n) is 1.85. The molecule has 18 heavy (non-hydrogen) atoms. The normalized spacial score (nSPS) is 23.9. The quantitative estimate of drug-likeness (QED) is 0.835. The highest BCUT2D eigenvalue weighted by atomic mass is 19.4. The van der Waals surface area contributed by atoms with E-state index in [2.05, 4.69) is 19.2 Å². The number of halogens is 3. The molecular weight excluding hydrogens is 243 g/mol. The molecule has 1 heterocycles. The zero-order valence-electron chi connectivity index (χ0n) is 10.3. The zero-order valence-corrected chi connectivity index (χ0v) is 10.3. The van der Waals surface area contributed by atoms with Gasteiger partial charge in [0.2, 0.25) is 0 Å². The molecule has 1 saturated heterocycles. The average Bonchev–Trinajstić information content (AvgIpc) is 2.28. The fourth-order valence-corrected chi connectivity index (χ4v) is 1.85. The Morgan fingerprint density at radius 3 is 2.28 bits per heavy atom. The van der Waals surface area contributed by atoms with Crippen molar-refractivity contribution in [3.05, 3.63) is 35.4 Å². The molecule has 1 atom stereocenters. The second-order valence-corrected chi connectivity index (χ2v) is 5.36. The molecular formula is C13H16F3NO. The van der Waals surface area contributed by atoms with E-state index >= 15 is 0 Å². The van der Waals surface area contributed by atoms with E-state index in [1.54, 1.807) is 0 Å². The van der Waals surface area contributed by atoms with Gasteiger partial charge in [0, 0.05) is 12.0 Å². The second kappa shape index (κ2) is 4.55. The van der Waals surface area contributed by atoms with Crippen LogP contribution in [0, 0.1) is 5.41 Å². The molecule has 1 aliphatic heterocycles. The number of alkyl halides is 3. The molecule has 0 aromatic heterocycles. The Bertz CT molecular complexity index is 401. The first-order valence-electron chi connectivity index (χ1n) is 5.80. The van der Waals surface area contributed by atoms with Gasteiger partial charge in [-0.2, -0.15) is 13.2 Å². The Hall–Kier alpha value is -1.07. The molecule has 0 spiro atoms. The number of hydrogen-bond donors (Lipinski definition) is 1. The van der Waals surface area contributed by atoms with Gasteiger partial charge in [-0.1, -0.05) is 26.0 Å². The molecule has 0 aliphatic carbocycles. The van der Waals surface area contributed by atoms with E-state index in [4.69, 9.17) is 4.74 Å². The van der Waals surface area contributed by atoms with Crippen molar-refractivity contribution in [3.63, 3.8) is 0 Å². The van der Waals surface area contributed by atoms with E-state index in [1.165, 1.54) is 12.1 Å². The molecule has 0 amide bonds. The van der Waals surface area contributed by atoms with Gasteiger partial charge >= 0.3 is 6.18 Å². The van der Waals surface area contributed by atoms with Gasteiger partial charge in [-0.3, -0.25) is 5.32 Å². The first kappa shape index (κ1) is 13.4. The maximum Gasteiger partial charge on any atom is 0.416 e. The van der Waals surface area contributed by atoms with Gasteiger partial charge in [0.15, 0.2) is 0 Å². The van der Waals surface area contributed by atoms with Gasteiger partial charge in [0.1, 0.15) is 6.23 Å². The summed E-state index contributed by atoms with van der Waals surface area (Å²) in [5.41, 5.74) is 0.142. The first-order chi connectivity index (χ1) is 8.28. The monoisotopic (exact) mass is 259 g/mol. The zero-order chi connectivity index (χ0) is 13.4. The van der Waals surface area contributed by atoms with Crippen LogP contribution in [-0.2, 0) is 10.9 Å². The lowest BCUT2D eigenvalue weighted by Crippen LogP contribution is -2.43. The van der Waals surface area contributed by atoms with E-state index in [0.29, 0.717) is 6.61 Å². The minimum absolute atomic E-state index is 0.0579. The van der Waals surface area contributed by atoms with E-state index < -0.39 is 11.7 Å². The summed E-state index contributed by atoms with van der Waals surface area (Å²) in [4.78, 5) is 0. The van der Waals surface area contributed by atoms with Crippen LogP contribution in [0.5, 0.6) is 0 Å². The highest BCUT2D eigenvalue weighted by Gasteiger charge is 2.31. The summed E-state index contributed by atoms with van der Waals surface area (Å²) in [6.45, 7) is 5.51. The van der Waals surface area contributed by atoms with Gasteiger partial charge in [-0.05, 0) is 17.7 Å². The summed E-state index contributed by atoms with van der Waals surface area (Å²) in [7, 11) is 0. The smallest absolute Gasteiger partial charge is 0.358 e. The third-order valence-corrected chi connectivity index (χ3v) is 2.95. The summed E-state index contributed by atoms with van der Waals surface area (Å²) in [5.74, 6) is 0. The van der Waals surface area contributed by atoms with E-state index in [0.717, 1.165) is 24.2 Å². The molecule has 1 aromatic carbocycles. The molecule has 5 heteroatoms. The number of ether oxygens (including phenoxy) is 1. The van der Waals surface area contributed by atoms with Crippen LogP contribution in [0.2, 0.25) is 0 Å². The topological polar surface area (TPSA) is 21.3 Å². The molecule has 0 radical (unpaired) electrons. The van der Waals surface area contributed by atoms with Crippen LogP contribution in [0.1, 0.15) is 31.2 Å². The van der Waals surface area contributed by atoms with Crippen molar-refractivity contribution >= 4 is 0 Å². The van der Waals surface area contributed by atoms with Crippen LogP contribution < -0.4 is 5.32 Å². The van der Waals surface area contributed by atoms with Crippen LogP contribution in [0.4, 0.5) is 13.2 Å². The molecule has 1 unspecified atom stereocenters. The molecule has 1 N–H and O–H groups in total. The molecule has 2 rings (SSSR count). The third kappa shape index (κ3) is 3.03. The third-order valence-electron chi connectivity index (χ3n) is 2.95. The molecule has 0 saturated carbocycles.